The minimum absolute atomic E-state index is 0.103. The average molecular weight is 278 g/mol. The molecule has 0 fully saturated rings. The standard InChI is InChI=1S/C13H12ClN3O2/c14-9-1-6-12(16-7-9)17-13(18)8-19-11-4-2-10(15)3-5-11/h1-7H,8,15H2,(H,16,17,18). The Morgan fingerprint density at radius 1 is 1.26 bits per heavy atom. The van der Waals surface area contributed by atoms with E-state index in [1.54, 1.807) is 36.4 Å². The number of nitrogen functional groups attached to an aromatic ring is 1. The molecule has 5 nitrogen and oxygen atoms in total. The van der Waals surface area contributed by atoms with Crippen LogP contribution in [-0.4, -0.2) is 17.5 Å². The fourth-order valence-electron chi connectivity index (χ4n) is 1.34. The van der Waals surface area contributed by atoms with Gasteiger partial charge in [-0.1, -0.05) is 11.6 Å². The number of anilines is 2. The number of hydrogen-bond acceptors (Lipinski definition) is 4. The Bertz CT molecular complexity index is 555. The summed E-state index contributed by atoms with van der Waals surface area (Å²) < 4.78 is 5.30. The van der Waals surface area contributed by atoms with Crippen molar-refractivity contribution in [3.8, 4) is 5.75 Å². The van der Waals surface area contributed by atoms with E-state index in [-0.39, 0.29) is 12.5 Å². The summed E-state index contributed by atoms with van der Waals surface area (Å²) in [6.07, 6.45) is 1.46. The molecule has 6 heteroatoms. The van der Waals surface area contributed by atoms with Gasteiger partial charge in [0.2, 0.25) is 0 Å². The first-order chi connectivity index (χ1) is 9.13. The van der Waals surface area contributed by atoms with Crippen LogP contribution >= 0.6 is 11.6 Å². The van der Waals surface area contributed by atoms with Gasteiger partial charge in [-0.2, -0.15) is 0 Å². The summed E-state index contributed by atoms with van der Waals surface area (Å²) >= 11 is 5.69. The first-order valence-corrected chi connectivity index (χ1v) is 5.91. The van der Waals surface area contributed by atoms with Crippen molar-refractivity contribution in [3.63, 3.8) is 0 Å². The molecule has 0 radical (unpaired) electrons. The minimum Gasteiger partial charge on any atom is -0.484 e. The predicted octanol–water partition coefficient (Wildman–Crippen LogP) is 2.33. The molecule has 0 aliphatic heterocycles. The predicted molar refractivity (Wildman–Crippen MR) is 74.2 cm³/mol. The second-order valence-electron chi connectivity index (χ2n) is 3.77. The normalized spacial score (nSPS) is 9.95. The highest BCUT2D eigenvalue weighted by molar-refractivity contribution is 6.30. The Morgan fingerprint density at radius 2 is 2.00 bits per heavy atom. The number of nitrogens with two attached hydrogens (primary N) is 1. The quantitative estimate of drug-likeness (QED) is 0.841. The van der Waals surface area contributed by atoms with Crippen molar-refractivity contribution in [1.82, 2.24) is 4.98 Å². The van der Waals surface area contributed by atoms with Crippen LogP contribution in [0.2, 0.25) is 5.02 Å². The molecule has 0 unspecified atom stereocenters. The summed E-state index contributed by atoms with van der Waals surface area (Å²) in [6.45, 7) is -0.103. The molecule has 0 saturated heterocycles. The number of ether oxygens (including phenoxy) is 1. The van der Waals surface area contributed by atoms with Gasteiger partial charge in [0.15, 0.2) is 6.61 Å². The zero-order valence-electron chi connectivity index (χ0n) is 9.97. The molecule has 1 aromatic heterocycles. The smallest absolute Gasteiger partial charge is 0.263 e. The van der Waals surface area contributed by atoms with Crippen molar-refractivity contribution >= 4 is 29.0 Å². The van der Waals surface area contributed by atoms with Gasteiger partial charge < -0.3 is 15.8 Å². The maximum absolute atomic E-state index is 11.6. The number of amides is 1. The largest absolute Gasteiger partial charge is 0.484 e. The minimum atomic E-state index is -0.299. The lowest BCUT2D eigenvalue weighted by atomic mass is 10.3. The first-order valence-electron chi connectivity index (χ1n) is 5.53. The Balaban J connectivity index is 1.84. The Morgan fingerprint density at radius 3 is 2.63 bits per heavy atom. The molecule has 0 saturated carbocycles. The Kier molecular flexibility index (Phi) is 4.20. The highest BCUT2D eigenvalue weighted by Crippen LogP contribution is 2.13. The zero-order valence-corrected chi connectivity index (χ0v) is 10.7. The molecular weight excluding hydrogens is 266 g/mol. The highest BCUT2D eigenvalue weighted by atomic mass is 35.5. The van der Waals surface area contributed by atoms with Gasteiger partial charge >= 0.3 is 0 Å². The molecule has 1 aromatic carbocycles. The van der Waals surface area contributed by atoms with E-state index in [4.69, 9.17) is 22.1 Å². The summed E-state index contributed by atoms with van der Waals surface area (Å²) in [5, 5.41) is 3.10. The molecule has 2 rings (SSSR count). The molecule has 1 heterocycles. The van der Waals surface area contributed by atoms with Gasteiger partial charge in [-0.3, -0.25) is 4.79 Å². The number of halogens is 1. The molecule has 98 valence electrons. The van der Waals surface area contributed by atoms with E-state index in [1.807, 2.05) is 0 Å². The monoisotopic (exact) mass is 277 g/mol. The van der Waals surface area contributed by atoms with Gasteiger partial charge in [-0.05, 0) is 36.4 Å². The van der Waals surface area contributed by atoms with E-state index in [1.165, 1.54) is 6.20 Å². The van der Waals surface area contributed by atoms with Crippen LogP contribution in [0.15, 0.2) is 42.6 Å². The van der Waals surface area contributed by atoms with Crippen molar-refractivity contribution in [3.05, 3.63) is 47.6 Å². The molecule has 0 bridgehead atoms. The lowest BCUT2D eigenvalue weighted by Crippen LogP contribution is -2.20. The third-order valence-electron chi connectivity index (χ3n) is 2.24. The van der Waals surface area contributed by atoms with Gasteiger partial charge in [0.25, 0.3) is 5.91 Å². The molecule has 3 N–H and O–H groups in total. The molecule has 1 amide bonds. The summed E-state index contributed by atoms with van der Waals surface area (Å²) in [7, 11) is 0. The number of hydrogen-bond donors (Lipinski definition) is 2. The van der Waals surface area contributed by atoms with Crippen LogP contribution in [0.25, 0.3) is 0 Å². The van der Waals surface area contributed by atoms with Crippen LogP contribution in [0.3, 0.4) is 0 Å². The molecule has 0 aliphatic rings. The fourth-order valence-corrected chi connectivity index (χ4v) is 1.45. The lowest BCUT2D eigenvalue weighted by molar-refractivity contribution is -0.118. The van der Waals surface area contributed by atoms with Crippen molar-refractivity contribution in [2.75, 3.05) is 17.7 Å². The number of nitrogens with one attached hydrogen (secondary N) is 1. The van der Waals surface area contributed by atoms with Crippen LogP contribution in [0.4, 0.5) is 11.5 Å². The molecule has 0 atom stereocenters. The van der Waals surface area contributed by atoms with Crippen LogP contribution < -0.4 is 15.8 Å². The lowest BCUT2D eigenvalue weighted by Gasteiger charge is -2.07. The number of rotatable bonds is 4. The first kappa shape index (κ1) is 13.2. The molecular formula is C13H12ClN3O2. The second-order valence-corrected chi connectivity index (χ2v) is 4.20. The van der Waals surface area contributed by atoms with Gasteiger partial charge in [0, 0.05) is 11.9 Å². The van der Waals surface area contributed by atoms with Gasteiger partial charge in [0.1, 0.15) is 11.6 Å². The number of nitrogens with zero attached hydrogens (tertiary/aromatic N) is 1. The third kappa shape index (κ3) is 4.15. The molecule has 0 aliphatic carbocycles. The maximum Gasteiger partial charge on any atom is 0.263 e. The van der Waals surface area contributed by atoms with E-state index < -0.39 is 0 Å². The molecule has 2 aromatic rings. The van der Waals surface area contributed by atoms with E-state index in [2.05, 4.69) is 10.3 Å². The summed E-state index contributed by atoms with van der Waals surface area (Å²) in [6, 6.07) is 10.1. The van der Waals surface area contributed by atoms with E-state index in [0.29, 0.717) is 22.3 Å². The maximum atomic E-state index is 11.6. The molecule has 0 spiro atoms. The van der Waals surface area contributed by atoms with Crippen molar-refractivity contribution in [2.45, 2.75) is 0 Å². The summed E-state index contributed by atoms with van der Waals surface area (Å²) in [5.74, 6) is 0.704. The number of pyridine rings is 1. The number of carbonyl (C=O) groups is 1. The zero-order chi connectivity index (χ0) is 13.7. The van der Waals surface area contributed by atoms with E-state index in [0.717, 1.165) is 0 Å². The summed E-state index contributed by atoms with van der Waals surface area (Å²) in [4.78, 5) is 15.6. The summed E-state index contributed by atoms with van der Waals surface area (Å²) in [5.41, 5.74) is 6.18. The number of benzene rings is 1. The van der Waals surface area contributed by atoms with Crippen molar-refractivity contribution in [2.24, 2.45) is 0 Å². The van der Waals surface area contributed by atoms with Gasteiger partial charge in [-0.15, -0.1) is 0 Å². The number of carbonyl (C=O) groups excluding carboxylic acids is 1. The Hall–Kier alpha value is -2.27. The SMILES string of the molecule is Nc1ccc(OCC(=O)Nc2ccc(Cl)cn2)cc1. The average Bonchev–Trinajstić information content (AvgIpc) is 2.41. The van der Waals surface area contributed by atoms with Crippen LogP contribution in [-0.2, 0) is 4.79 Å². The van der Waals surface area contributed by atoms with E-state index in [9.17, 15) is 4.79 Å². The van der Waals surface area contributed by atoms with Crippen LogP contribution in [0, 0.1) is 0 Å². The van der Waals surface area contributed by atoms with Crippen molar-refractivity contribution in [1.29, 1.82) is 0 Å². The van der Waals surface area contributed by atoms with Crippen LogP contribution in [0.5, 0.6) is 5.75 Å². The Labute approximate surface area is 115 Å². The van der Waals surface area contributed by atoms with Crippen molar-refractivity contribution < 1.29 is 9.53 Å². The molecule has 19 heavy (non-hydrogen) atoms. The third-order valence-corrected chi connectivity index (χ3v) is 2.47. The van der Waals surface area contributed by atoms with Gasteiger partial charge in [-0.25, -0.2) is 4.98 Å². The fraction of sp³-hybridized carbons (Fsp3) is 0.0769. The number of aromatic nitrogens is 1. The topological polar surface area (TPSA) is 77.2 Å². The highest BCUT2D eigenvalue weighted by Gasteiger charge is 2.04. The second kappa shape index (κ2) is 6.06. The van der Waals surface area contributed by atoms with E-state index >= 15 is 0 Å². The van der Waals surface area contributed by atoms with Crippen LogP contribution in [0.1, 0.15) is 0 Å². The van der Waals surface area contributed by atoms with Gasteiger partial charge in [0.05, 0.1) is 5.02 Å².